The average Bonchev–Trinajstić information content (AvgIpc) is 3.32. The number of benzene rings is 1. The first-order chi connectivity index (χ1) is 20.3. The molecule has 4 rings (SSSR count). The number of nitrogens with one attached hydrogen (secondary N) is 1. The van der Waals surface area contributed by atoms with Crippen LogP contribution in [0.1, 0.15) is 60.9 Å². The third-order valence-electron chi connectivity index (χ3n) is 7.32. The molecule has 1 aromatic carbocycles. The lowest BCUT2D eigenvalue weighted by Gasteiger charge is -2.26. The second-order valence-electron chi connectivity index (χ2n) is 10.5. The zero-order chi connectivity index (χ0) is 31.6. The number of aryl methyl sites for hydroxylation is 2. The molecule has 43 heavy (non-hydrogen) atoms. The Balaban J connectivity index is 0.000000243. The normalized spacial score (nSPS) is 13.9. The van der Waals surface area contributed by atoms with Crippen molar-refractivity contribution in [1.82, 2.24) is 14.5 Å². The molecule has 6 nitrogen and oxygen atoms in total. The smallest absolute Gasteiger partial charge is 0.385 e. The van der Waals surface area contributed by atoms with Gasteiger partial charge in [0.2, 0.25) is 11.5 Å². The largest absolute Gasteiger partial charge is 0.418 e. The van der Waals surface area contributed by atoms with Crippen molar-refractivity contribution in [1.29, 1.82) is 0 Å². The van der Waals surface area contributed by atoms with Gasteiger partial charge in [-0.3, -0.25) is 9.59 Å². The Kier molecular flexibility index (Phi) is 12.1. The summed E-state index contributed by atoms with van der Waals surface area (Å²) in [6.07, 6.45) is -1.46. The number of alkyl halides is 6. The third kappa shape index (κ3) is 10.0. The number of aromatic amines is 1. The first kappa shape index (κ1) is 34.0. The van der Waals surface area contributed by atoms with E-state index in [1.54, 1.807) is 6.20 Å². The van der Waals surface area contributed by atoms with Crippen LogP contribution in [0.5, 0.6) is 0 Å². The monoisotopic (exact) mass is 613 g/mol. The van der Waals surface area contributed by atoms with Crippen molar-refractivity contribution in [3.63, 3.8) is 0 Å². The van der Waals surface area contributed by atoms with Crippen molar-refractivity contribution in [2.45, 2.75) is 70.8 Å². The summed E-state index contributed by atoms with van der Waals surface area (Å²) < 4.78 is 81.7. The summed E-state index contributed by atoms with van der Waals surface area (Å²) >= 11 is 0. The minimum atomic E-state index is -5.03. The lowest BCUT2D eigenvalue weighted by molar-refractivity contribution is -0.161. The molecule has 12 heteroatoms. The van der Waals surface area contributed by atoms with E-state index in [1.165, 1.54) is 25.2 Å². The molecule has 0 bridgehead atoms. The highest BCUT2D eigenvalue weighted by atomic mass is 19.4. The number of H-pyrrole nitrogens is 1. The van der Waals surface area contributed by atoms with Crippen LogP contribution in [0.3, 0.4) is 0 Å². The zero-order valence-electron chi connectivity index (χ0n) is 24.3. The Labute approximate surface area is 246 Å². The summed E-state index contributed by atoms with van der Waals surface area (Å²) in [5.41, 5.74) is -0.451. The molecule has 1 saturated heterocycles. The van der Waals surface area contributed by atoms with E-state index in [9.17, 15) is 35.9 Å². The molecule has 0 radical (unpaired) electrons. The molecular formula is C31H37F6N3O3. The number of likely N-dealkylation sites (tertiary alicyclic amines) is 1. The molecule has 1 fully saturated rings. The Bertz CT molecular complexity index is 1350. The average molecular weight is 614 g/mol. The fourth-order valence-electron chi connectivity index (χ4n) is 5.04. The van der Waals surface area contributed by atoms with E-state index in [0.29, 0.717) is 24.9 Å². The Morgan fingerprint density at radius 2 is 1.56 bits per heavy atom. The van der Waals surface area contributed by atoms with Crippen LogP contribution < -0.4 is 5.56 Å². The van der Waals surface area contributed by atoms with E-state index in [-0.39, 0.29) is 18.7 Å². The van der Waals surface area contributed by atoms with E-state index < -0.39 is 29.2 Å². The molecule has 0 spiro atoms. The lowest BCUT2D eigenvalue weighted by atomic mass is 10.0. The number of amides is 1. The predicted molar refractivity (Wildman–Crippen MR) is 152 cm³/mol. The number of methoxy groups -OCH3 is 1. The molecular weight excluding hydrogens is 576 g/mol. The molecule has 3 heterocycles. The van der Waals surface area contributed by atoms with Gasteiger partial charge >= 0.3 is 12.4 Å². The van der Waals surface area contributed by atoms with Crippen LogP contribution in [0.2, 0.25) is 0 Å². The Morgan fingerprint density at radius 3 is 2.09 bits per heavy atom. The maximum Gasteiger partial charge on any atom is 0.418 e. The number of aromatic nitrogens is 2. The number of carbonyl (C=O) groups is 1. The maximum absolute atomic E-state index is 12.7. The molecule has 1 N–H and O–H groups in total. The van der Waals surface area contributed by atoms with Gasteiger partial charge in [-0.25, -0.2) is 0 Å². The molecule has 1 aliphatic heterocycles. The fraction of sp³-hybridized carbons (Fsp3) is 0.484. The number of hydrogen-bond acceptors (Lipinski definition) is 3. The van der Waals surface area contributed by atoms with Gasteiger partial charge < -0.3 is 19.2 Å². The van der Waals surface area contributed by atoms with Gasteiger partial charge in [-0.1, -0.05) is 24.3 Å². The van der Waals surface area contributed by atoms with Gasteiger partial charge in [0.1, 0.15) is 0 Å². The van der Waals surface area contributed by atoms with Crippen molar-refractivity contribution in [2.75, 3.05) is 26.8 Å². The van der Waals surface area contributed by atoms with E-state index in [2.05, 4.69) is 29.2 Å². The van der Waals surface area contributed by atoms with Crippen LogP contribution in [-0.4, -0.2) is 47.2 Å². The SMILES string of the molecule is COCCCn1cc(C(F)(F)F)c(C(F)(F)F)c1C.O=C(CCCc1ccc(-c2ccc(=O)[nH]c2)cc1)N1CCCCC1. The number of pyridine rings is 1. The standard InChI is InChI=1S/C20H24N2O2.C11H13F6NO/c23-19-12-11-18(15-21-19)17-9-7-16(8-10-17)5-4-6-20(24)22-13-2-1-3-14-22;1-7-9(11(15,16)17)8(10(12,13)14)6-18(7)4-3-5-19-2/h7-12,15H,1-6,13-14H2,(H,21,23);6H,3-5H2,1-2H3. The molecule has 0 saturated carbocycles. The van der Waals surface area contributed by atoms with Crippen LogP contribution in [0.4, 0.5) is 26.3 Å². The molecule has 3 aromatic rings. The van der Waals surface area contributed by atoms with Gasteiger partial charge in [-0.05, 0) is 68.2 Å². The first-order valence-electron chi connectivity index (χ1n) is 14.2. The van der Waals surface area contributed by atoms with Gasteiger partial charge in [0.25, 0.3) is 0 Å². The molecule has 1 aliphatic rings. The summed E-state index contributed by atoms with van der Waals surface area (Å²) in [5, 5.41) is 0. The number of carbonyl (C=O) groups excluding carboxylic acids is 1. The number of nitrogens with zero attached hydrogens (tertiary/aromatic N) is 2. The molecule has 1 amide bonds. The quantitative estimate of drug-likeness (QED) is 0.204. The summed E-state index contributed by atoms with van der Waals surface area (Å²) in [6, 6.07) is 11.7. The van der Waals surface area contributed by atoms with Gasteiger partial charge in [0.05, 0.1) is 11.1 Å². The fourth-order valence-corrected chi connectivity index (χ4v) is 5.04. The van der Waals surface area contributed by atoms with Crippen molar-refractivity contribution in [2.24, 2.45) is 0 Å². The summed E-state index contributed by atoms with van der Waals surface area (Å²) in [6.45, 7) is 3.21. The van der Waals surface area contributed by atoms with E-state index in [4.69, 9.17) is 4.74 Å². The molecule has 0 aliphatic carbocycles. The second-order valence-corrected chi connectivity index (χ2v) is 10.5. The van der Waals surface area contributed by atoms with Gasteiger partial charge in [-0.15, -0.1) is 0 Å². The van der Waals surface area contributed by atoms with Crippen LogP contribution in [0.15, 0.2) is 53.6 Å². The van der Waals surface area contributed by atoms with Crippen LogP contribution in [0, 0.1) is 6.92 Å². The number of piperidine rings is 1. The van der Waals surface area contributed by atoms with E-state index in [1.807, 2.05) is 11.0 Å². The Morgan fingerprint density at radius 1 is 0.907 bits per heavy atom. The highest BCUT2D eigenvalue weighted by Gasteiger charge is 2.46. The van der Waals surface area contributed by atoms with E-state index in [0.717, 1.165) is 61.4 Å². The topological polar surface area (TPSA) is 67.3 Å². The predicted octanol–water partition coefficient (Wildman–Crippen LogP) is 7.25. The first-order valence-corrected chi connectivity index (χ1v) is 14.2. The van der Waals surface area contributed by atoms with Gasteiger partial charge in [-0.2, -0.15) is 26.3 Å². The number of rotatable bonds is 9. The molecule has 236 valence electrons. The molecule has 2 aromatic heterocycles. The summed E-state index contributed by atoms with van der Waals surface area (Å²) in [4.78, 5) is 28.0. The number of ether oxygens (including phenoxy) is 1. The number of hydrogen-bond donors (Lipinski definition) is 1. The van der Waals surface area contributed by atoms with Gasteiger partial charge in [0, 0.05) is 63.9 Å². The van der Waals surface area contributed by atoms with Crippen molar-refractivity contribution >= 4 is 5.91 Å². The van der Waals surface area contributed by atoms with Crippen molar-refractivity contribution in [3.05, 3.63) is 81.5 Å². The second kappa shape index (κ2) is 15.3. The Hall–Kier alpha value is -3.54. The van der Waals surface area contributed by atoms with E-state index >= 15 is 0 Å². The highest BCUT2D eigenvalue weighted by Crippen LogP contribution is 2.43. The highest BCUT2D eigenvalue weighted by molar-refractivity contribution is 5.76. The minimum absolute atomic E-state index is 0.0405. The van der Waals surface area contributed by atoms with Crippen molar-refractivity contribution in [3.8, 4) is 11.1 Å². The lowest BCUT2D eigenvalue weighted by Crippen LogP contribution is -2.35. The van der Waals surface area contributed by atoms with Crippen LogP contribution >= 0.6 is 0 Å². The molecule has 0 atom stereocenters. The number of halogens is 6. The maximum atomic E-state index is 12.7. The molecule has 0 unspecified atom stereocenters. The minimum Gasteiger partial charge on any atom is -0.385 e. The van der Waals surface area contributed by atoms with Gasteiger partial charge in [0.15, 0.2) is 0 Å². The third-order valence-corrected chi connectivity index (χ3v) is 7.32. The van der Waals surface area contributed by atoms with Crippen LogP contribution in [-0.2, 0) is 34.8 Å². The summed E-state index contributed by atoms with van der Waals surface area (Å²) in [7, 11) is 1.41. The summed E-state index contributed by atoms with van der Waals surface area (Å²) in [5.74, 6) is 0.305. The van der Waals surface area contributed by atoms with Crippen molar-refractivity contribution < 1.29 is 35.9 Å². The van der Waals surface area contributed by atoms with Crippen LogP contribution in [0.25, 0.3) is 11.1 Å². The zero-order valence-corrected chi connectivity index (χ0v) is 24.3.